The molecule has 0 aromatic heterocycles. The summed E-state index contributed by atoms with van der Waals surface area (Å²) in [4.78, 5) is 30.1. The molecule has 0 atom stereocenters. The summed E-state index contributed by atoms with van der Waals surface area (Å²) >= 11 is 0. The smallest absolute Gasteiger partial charge is 0.254 e. The minimum atomic E-state index is -0.400. The van der Waals surface area contributed by atoms with Gasteiger partial charge in [0.1, 0.15) is 11.5 Å². The van der Waals surface area contributed by atoms with Crippen molar-refractivity contribution in [2.24, 2.45) is 0 Å². The number of rotatable bonds is 4. The molecule has 1 aliphatic heterocycles. The molecule has 3 aromatic rings. The standard InChI is InChI=1S/C26H26N2O4/c29-22-16-21(17-23(30)18-22)25(31)27-12-7-13-28(15-14-27)26(32)24(19-8-3-1-4-9-19)20-10-5-2-6-11-20/h1-6,8-11,16-18,24,29-30H,7,12-15H2. The number of nitrogens with zero attached hydrogens (tertiary/aromatic N) is 2. The SMILES string of the molecule is O=C(c1cc(O)cc(O)c1)N1CCCN(C(=O)C(c2ccccc2)c2ccccc2)CC1. The van der Waals surface area contributed by atoms with E-state index in [9.17, 15) is 19.8 Å². The Balaban J connectivity index is 1.52. The molecule has 3 aromatic carbocycles. The zero-order valence-corrected chi connectivity index (χ0v) is 17.7. The van der Waals surface area contributed by atoms with Gasteiger partial charge in [0, 0.05) is 37.8 Å². The number of hydrogen-bond acceptors (Lipinski definition) is 4. The second-order valence-corrected chi connectivity index (χ2v) is 7.96. The molecule has 2 amide bonds. The number of hydrogen-bond donors (Lipinski definition) is 2. The van der Waals surface area contributed by atoms with Gasteiger partial charge in [-0.2, -0.15) is 0 Å². The summed E-state index contributed by atoms with van der Waals surface area (Å²) in [6.45, 7) is 1.87. The Hall–Kier alpha value is -3.80. The van der Waals surface area contributed by atoms with Crippen LogP contribution in [-0.2, 0) is 4.79 Å². The summed E-state index contributed by atoms with van der Waals surface area (Å²) in [7, 11) is 0. The monoisotopic (exact) mass is 430 g/mol. The Labute approximate surface area is 187 Å². The van der Waals surface area contributed by atoms with Crippen LogP contribution < -0.4 is 0 Å². The topological polar surface area (TPSA) is 81.1 Å². The number of phenols is 2. The van der Waals surface area contributed by atoms with E-state index in [0.29, 0.717) is 32.6 Å². The number of amides is 2. The third-order valence-corrected chi connectivity index (χ3v) is 5.76. The largest absolute Gasteiger partial charge is 0.508 e. The van der Waals surface area contributed by atoms with E-state index in [0.717, 1.165) is 11.1 Å². The molecule has 0 radical (unpaired) electrons. The summed E-state index contributed by atoms with van der Waals surface area (Å²) in [5.74, 6) is -0.968. The van der Waals surface area contributed by atoms with Crippen LogP contribution in [-0.4, -0.2) is 58.0 Å². The Kier molecular flexibility index (Phi) is 6.40. The third-order valence-electron chi connectivity index (χ3n) is 5.76. The van der Waals surface area contributed by atoms with Crippen LogP contribution in [0.15, 0.2) is 78.9 Å². The average Bonchev–Trinajstić information content (AvgIpc) is 3.06. The van der Waals surface area contributed by atoms with Gasteiger partial charge in [-0.25, -0.2) is 0 Å². The van der Waals surface area contributed by atoms with Crippen LogP contribution >= 0.6 is 0 Å². The van der Waals surface area contributed by atoms with Gasteiger partial charge < -0.3 is 20.0 Å². The van der Waals surface area contributed by atoms with E-state index in [2.05, 4.69) is 0 Å². The zero-order chi connectivity index (χ0) is 22.5. The second kappa shape index (κ2) is 9.56. The first-order valence-electron chi connectivity index (χ1n) is 10.7. The van der Waals surface area contributed by atoms with Crippen LogP contribution in [0.3, 0.4) is 0 Å². The Bertz CT molecular complexity index is 1030. The van der Waals surface area contributed by atoms with Crippen LogP contribution in [0.2, 0.25) is 0 Å². The third kappa shape index (κ3) is 4.75. The highest BCUT2D eigenvalue weighted by Crippen LogP contribution is 2.28. The van der Waals surface area contributed by atoms with Gasteiger partial charge in [0.2, 0.25) is 5.91 Å². The summed E-state index contributed by atoms with van der Waals surface area (Å²) < 4.78 is 0. The van der Waals surface area contributed by atoms with Crippen molar-refractivity contribution >= 4 is 11.8 Å². The average molecular weight is 431 g/mol. The fourth-order valence-electron chi connectivity index (χ4n) is 4.19. The van der Waals surface area contributed by atoms with Crippen LogP contribution in [0.4, 0.5) is 0 Å². The van der Waals surface area contributed by atoms with E-state index in [1.54, 1.807) is 4.90 Å². The van der Waals surface area contributed by atoms with Crippen molar-refractivity contribution < 1.29 is 19.8 Å². The van der Waals surface area contributed by atoms with Crippen molar-refractivity contribution in [3.8, 4) is 11.5 Å². The van der Waals surface area contributed by atoms with Gasteiger partial charge in [-0.15, -0.1) is 0 Å². The van der Waals surface area contributed by atoms with E-state index in [1.165, 1.54) is 18.2 Å². The number of carbonyl (C=O) groups is 2. The van der Waals surface area contributed by atoms with Crippen LogP contribution in [0.5, 0.6) is 11.5 Å². The van der Waals surface area contributed by atoms with Gasteiger partial charge in [0.15, 0.2) is 0 Å². The van der Waals surface area contributed by atoms with E-state index >= 15 is 0 Å². The number of carbonyl (C=O) groups excluding carboxylic acids is 2. The lowest BCUT2D eigenvalue weighted by molar-refractivity contribution is -0.131. The summed E-state index contributed by atoms with van der Waals surface area (Å²) in [6.07, 6.45) is 0.651. The molecule has 6 heteroatoms. The molecule has 1 fully saturated rings. The molecule has 0 saturated carbocycles. The predicted octanol–water partition coefficient (Wildman–Crippen LogP) is 3.60. The summed E-state index contributed by atoms with van der Waals surface area (Å²) in [5.41, 5.74) is 2.11. The minimum absolute atomic E-state index is 0.0201. The van der Waals surface area contributed by atoms with E-state index in [4.69, 9.17) is 0 Å². The fourth-order valence-corrected chi connectivity index (χ4v) is 4.19. The molecule has 32 heavy (non-hydrogen) atoms. The van der Waals surface area contributed by atoms with Gasteiger partial charge in [0.05, 0.1) is 5.92 Å². The highest BCUT2D eigenvalue weighted by atomic mass is 16.3. The zero-order valence-electron chi connectivity index (χ0n) is 17.7. The molecule has 2 N–H and O–H groups in total. The molecule has 1 saturated heterocycles. The molecule has 164 valence electrons. The predicted molar refractivity (Wildman–Crippen MR) is 122 cm³/mol. The number of aromatic hydroxyl groups is 2. The summed E-state index contributed by atoms with van der Waals surface area (Å²) in [6, 6.07) is 23.4. The van der Waals surface area contributed by atoms with Crippen molar-refractivity contribution in [2.75, 3.05) is 26.2 Å². The lowest BCUT2D eigenvalue weighted by atomic mass is 9.90. The van der Waals surface area contributed by atoms with Crippen LogP contribution in [0.25, 0.3) is 0 Å². The van der Waals surface area contributed by atoms with E-state index in [1.807, 2.05) is 65.6 Å². The first-order chi connectivity index (χ1) is 15.5. The van der Waals surface area contributed by atoms with Gasteiger partial charge in [0.25, 0.3) is 5.91 Å². The van der Waals surface area contributed by atoms with Gasteiger partial charge in [-0.05, 0) is 29.7 Å². The van der Waals surface area contributed by atoms with Crippen molar-refractivity contribution in [3.63, 3.8) is 0 Å². The Morgan fingerprint density at radius 3 is 1.75 bits per heavy atom. The van der Waals surface area contributed by atoms with Crippen molar-refractivity contribution in [1.29, 1.82) is 0 Å². The quantitative estimate of drug-likeness (QED) is 0.663. The van der Waals surface area contributed by atoms with Gasteiger partial charge in [-0.1, -0.05) is 60.7 Å². The molecular weight excluding hydrogens is 404 g/mol. The minimum Gasteiger partial charge on any atom is -0.508 e. The molecule has 6 nitrogen and oxygen atoms in total. The molecule has 0 unspecified atom stereocenters. The normalized spacial score (nSPS) is 14.3. The first-order valence-corrected chi connectivity index (χ1v) is 10.7. The van der Waals surface area contributed by atoms with Crippen LogP contribution in [0.1, 0.15) is 33.8 Å². The molecule has 0 spiro atoms. The second-order valence-electron chi connectivity index (χ2n) is 7.96. The highest BCUT2D eigenvalue weighted by Gasteiger charge is 2.30. The maximum absolute atomic E-state index is 13.6. The Morgan fingerprint density at radius 1 is 0.688 bits per heavy atom. The van der Waals surface area contributed by atoms with Crippen molar-refractivity contribution in [3.05, 3.63) is 95.6 Å². The lowest BCUT2D eigenvalue weighted by Gasteiger charge is -2.27. The molecule has 1 aliphatic rings. The van der Waals surface area contributed by atoms with Gasteiger partial charge >= 0.3 is 0 Å². The fraction of sp³-hybridized carbons (Fsp3) is 0.231. The van der Waals surface area contributed by atoms with Crippen molar-refractivity contribution in [2.45, 2.75) is 12.3 Å². The van der Waals surface area contributed by atoms with E-state index < -0.39 is 5.92 Å². The van der Waals surface area contributed by atoms with Crippen molar-refractivity contribution in [1.82, 2.24) is 9.80 Å². The first kappa shape index (κ1) is 21.4. The molecule has 1 heterocycles. The van der Waals surface area contributed by atoms with E-state index in [-0.39, 0.29) is 28.9 Å². The van der Waals surface area contributed by atoms with Crippen LogP contribution in [0, 0.1) is 0 Å². The Morgan fingerprint density at radius 2 is 1.19 bits per heavy atom. The molecule has 0 aliphatic carbocycles. The summed E-state index contributed by atoms with van der Waals surface area (Å²) in [5, 5.41) is 19.4. The molecular formula is C26H26N2O4. The molecule has 0 bridgehead atoms. The lowest BCUT2D eigenvalue weighted by Crippen LogP contribution is -2.39. The highest BCUT2D eigenvalue weighted by molar-refractivity contribution is 5.95. The molecule has 4 rings (SSSR count). The number of phenolic OH excluding ortho intramolecular Hbond substituents is 2. The van der Waals surface area contributed by atoms with Gasteiger partial charge in [-0.3, -0.25) is 9.59 Å². The maximum Gasteiger partial charge on any atom is 0.254 e. The maximum atomic E-state index is 13.6. The number of benzene rings is 3.